The fourth-order valence-electron chi connectivity index (χ4n) is 12.0. The Kier molecular flexibility index (Phi) is 8.69. The van der Waals surface area contributed by atoms with Gasteiger partial charge in [0, 0.05) is 31.0 Å². The van der Waals surface area contributed by atoms with Gasteiger partial charge in [0.25, 0.3) is 0 Å². The van der Waals surface area contributed by atoms with Crippen molar-refractivity contribution in [3.63, 3.8) is 0 Å². The van der Waals surface area contributed by atoms with Gasteiger partial charge in [-0.2, -0.15) is 0 Å². The Bertz CT molecular complexity index is 3840. The first-order chi connectivity index (χ1) is 33.2. The first-order valence-electron chi connectivity index (χ1n) is 23.1. The average molecular weight is 904 g/mol. The number of hydrogen-bond donors (Lipinski definition) is 0. The average Bonchev–Trinajstić information content (AvgIpc) is 3.79. The zero-order chi connectivity index (χ0) is 44.1. The highest BCUT2D eigenvalue weighted by atomic mass is 32.2. The van der Waals surface area contributed by atoms with Crippen LogP contribution in [0, 0.1) is 0 Å². The van der Waals surface area contributed by atoms with Gasteiger partial charge in [-0.3, -0.25) is 0 Å². The van der Waals surface area contributed by atoms with Crippen LogP contribution in [0.4, 0.5) is 17.1 Å². The number of fused-ring (bicyclic) bond motifs is 14. The highest BCUT2D eigenvalue weighted by Crippen LogP contribution is 2.60. The summed E-state index contributed by atoms with van der Waals surface area (Å²) in [6, 6.07) is 94.4. The van der Waals surface area contributed by atoms with Gasteiger partial charge in [0.15, 0.2) is 8.07 Å². The van der Waals surface area contributed by atoms with Crippen LogP contribution in [0.1, 0.15) is 22.3 Å². The van der Waals surface area contributed by atoms with E-state index in [1.165, 1.54) is 106 Å². The summed E-state index contributed by atoms with van der Waals surface area (Å²) in [4.78, 5) is 5.13. The van der Waals surface area contributed by atoms with E-state index in [2.05, 4.69) is 254 Å². The van der Waals surface area contributed by atoms with Gasteiger partial charge in [0.05, 0.1) is 21.5 Å². The summed E-state index contributed by atoms with van der Waals surface area (Å²) < 4.78 is 2.58. The monoisotopic (exact) mass is 903 g/mol. The van der Waals surface area contributed by atoms with Crippen molar-refractivity contribution in [1.82, 2.24) is 0 Å². The van der Waals surface area contributed by atoms with E-state index in [0.29, 0.717) is 0 Å². The largest absolute Gasteiger partial charge is 0.308 e. The van der Waals surface area contributed by atoms with E-state index in [1.54, 1.807) is 0 Å². The smallest absolute Gasteiger partial charge is 0.180 e. The molecular weight excluding hydrogens is 863 g/mol. The third-order valence-electron chi connectivity index (χ3n) is 14.6. The molecule has 0 N–H and O–H groups in total. The summed E-state index contributed by atoms with van der Waals surface area (Å²) in [5.74, 6) is 0. The van der Waals surface area contributed by atoms with Gasteiger partial charge in [-0.25, -0.2) is 0 Å². The topological polar surface area (TPSA) is 3.24 Å². The molecule has 4 heteroatoms. The second-order valence-electron chi connectivity index (χ2n) is 17.9. The Morgan fingerprint density at radius 1 is 0.373 bits per heavy atom. The molecule has 0 aliphatic carbocycles. The highest BCUT2D eigenvalue weighted by molar-refractivity contribution is 7.99. The summed E-state index contributed by atoms with van der Waals surface area (Å²) in [5.41, 5.74) is 8.28. The van der Waals surface area contributed by atoms with Gasteiger partial charge >= 0.3 is 0 Å². The number of hydrogen-bond acceptors (Lipinski definition) is 3. The minimum atomic E-state index is -2.88. The van der Waals surface area contributed by atoms with Crippen LogP contribution < -0.4 is 25.6 Å². The van der Waals surface area contributed by atoms with Crippen molar-refractivity contribution < 1.29 is 0 Å². The molecule has 0 atom stereocenters. The first-order valence-corrected chi connectivity index (χ1v) is 26.7. The fourth-order valence-corrected chi connectivity index (χ4v) is 19.8. The van der Waals surface area contributed by atoms with Gasteiger partial charge < -0.3 is 4.90 Å². The Balaban J connectivity index is 1.10. The minimum absolute atomic E-state index is 0.613. The van der Waals surface area contributed by atoms with Gasteiger partial charge in [-0.05, 0) is 101 Å². The molecule has 0 amide bonds. The summed E-state index contributed by atoms with van der Waals surface area (Å²) in [5, 5.41) is 13.3. The maximum atomic E-state index is 2.58. The molecule has 0 radical (unpaired) electrons. The highest BCUT2D eigenvalue weighted by Gasteiger charge is 2.57. The number of benzene rings is 11. The van der Waals surface area contributed by atoms with E-state index in [-0.39, 0.29) is 0 Å². The lowest BCUT2D eigenvalue weighted by atomic mass is 9.64. The normalized spacial score (nSPS) is 14.1. The fraction of sp³-hybridized carbons (Fsp3) is 0.0159. The lowest BCUT2D eigenvalue weighted by molar-refractivity contribution is 0.707. The molecule has 14 rings (SSSR count). The quantitative estimate of drug-likeness (QED) is 0.125. The van der Waals surface area contributed by atoms with Crippen LogP contribution in [0.2, 0.25) is 0 Å². The summed E-state index contributed by atoms with van der Waals surface area (Å²) in [7, 11) is -2.88. The molecule has 2 aliphatic heterocycles. The zero-order valence-corrected chi connectivity index (χ0v) is 39.1. The molecule has 67 heavy (non-hydrogen) atoms. The minimum Gasteiger partial charge on any atom is -0.308 e. The molecule has 1 spiro atoms. The second-order valence-corrected chi connectivity index (χ2v) is 23.7. The van der Waals surface area contributed by atoms with E-state index < -0.39 is 13.5 Å². The molecule has 1 nitrogen and oxygen atoms in total. The molecular formula is C63H41NS2Si. The molecule has 3 heterocycles. The predicted octanol–water partition coefficient (Wildman–Crippen LogP) is 14.4. The van der Waals surface area contributed by atoms with Crippen LogP contribution in [0.5, 0.6) is 0 Å². The van der Waals surface area contributed by atoms with E-state index in [1.807, 2.05) is 23.1 Å². The molecule has 2 aliphatic rings. The van der Waals surface area contributed by atoms with Crippen molar-refractivity contribution in [3.8, 4) is 0 Å². The molecule has 1 aromatic heterocycles. The van der Waals surface area contributed by atoms with Gasteiger partial charge in [-0.1, -0.05) is 224 Å². The summed E-state index contributed by atoms with van der Waals surface area (Å²) in [6.07, 6.45) is 0. The number of anilines is 3. The number of thiophene rings is 1. The van der Waals surface area contributed by atoms with Gasteiger partial charge in [0.2, 0.25) is 0 Å². The van der Waals surface area contributed by atoms with Crippen LogP contribution in [-0.4, -0.2) is 8.07 Å². The molecule has 0 unspecified atom stereocenters. The Morgan fingerprint density at radius 3 is 1.69 bits per heavy atom. The molecule has 0 fully saturated rings. The summed E-state index contributed by atoms with van der Waals surface area (Å²) >= 11 is 3.82. The van der Waals surface area contributed by atoms with Crippen LogP contribution in [-0.2, 0) is 5.41 Å². The Labute approximate surface area is 399 Å². The Hall–Kier alpha value is -7.47. The predicted molar refractivity (Wildman–Crippen MR) is 289 cm³/mol. The zero-order valence-electron chi connectivity index (χ0n) is 36.4. The van der Waals surface area contributed by atoms with Crippen LogP contribution in [0.25, 0.3) is 41.7 Å². The van der Waals surface area contributed by atoms with Crippen molar-refractivity contribution in [2.24, 2.45) is 0 Å². The molecule has 314 valence electrons. The van der Waals surface area contributed by atoms with Gasteiger partial charge in [0.1, 0.15) is 0 Å². The molecule has 11 aromatic carbocycles. The van der Waals surface area contributed by atoms with E-state index in [9.17, 15) is 0 Å². The van der Waals surface area contributed by atoms with Crippen molar-refractivity contribution in [3.05, 3.63) is 271 Å². The second kappa shape index (κ2) is 15.0. The van der Waals surface area contributed by atoms with Gasteiger partial charge in [-0.15, -0.1) is 11.3 Å². The summed E-state index contributed by atoms with van der Waals surface area (Å²) in [6.45, 7) is 0. The maximum absolute atomic E-state index is 2.88. The van der Waals surface area contributed by atoms with E-state index >= 15 is 0 Å². The molecule has 12 aromatic rings. The molecule has 0 saturated carbocycles. The lowest BCUT2D eigenvalue weighted by Crippen LogP contribution is -2.79. The molecule has 0 bridgehead atoms. The first kappa shape index (κ1) is 38.8. The van der Waals surface area contributed by atoms with Crippen LogP contribution in [0.3, 0.4) is 0 Å². The number of rotatable bonds is 5. The van der Waals surface area contributed by atoms with Crippen LogP contribution >= 0.6 is 23.1 Å². The third-order valence-corrected chi connectivity index (χ3v) is 21.9. The Morgan fingerprint density at radius 2 is 0.925 bits per heavy atom. The molecule has 0 saturated heterocycles. The van der Waals surface area contributed by atoms with Crippen molar-refractivity contribution in [2.75, 3.05) is 4.90 Å². The van der Waals surface area contributed by atoms with Crippen molar-refractivity contribution in [2.45, 2.75) is 15.2 Å². The standard InChI is InChI=1S/C63H41NS2Si/c1-3-20-45(21-4-1)67(46-22-5-2-6-23-46)59-35-15-11-28-52(59)63(53-29-12-16-36-60(53)67)51-27-10-14-34-58(51)66-62-54(63)30-18-32-56(62)64(55-31-17-26-50-49-25-9-13-33-57(49)65-61(50)55)44-39-40-48-43(41-44)38-37-42-19-7-8-24-47(42)48/h1-41H. The maximum Gasteiger partial charge on any atom is 0.180 e. The SMILES string of the molecule is c1ccc([Si]2(c3ccccc3)c3ccccc3C3(c4ccccc4Sc4c(N(c5ccc6c(ccc7ccccc76)c5)c5cccc6c5sc5ccccc56)cccc43)c3ccccc32)cc1. The van der Waals surface area contributed by atoms with Crippen molar-refractivity contribution in [1.29, 1.82) is 0 Å². The van der Waals surface area contributed by atoms with Crippen LogP contribution in [0.15, 0.2) is 259 Å². The number of nitrogens with zero attached hydrogens (tertiary/aromatic N) is 1. The lowest BCUT2D eigenvalue weighted by Gasteiger charge is -2.52. The third kappa shape index (κ3) is 5.43. The van der Waals surface area contributed by atoms with E-state index in [4.69, 9.17) is 0 Å². The van der Waals surface area contributed by atoms with Crippen molar-refractivity contribution >= 4 is 111 Å². The van der Waals surface area contributed by atoms with E-state index in [0.717, 1.165) is 5.69 Å².